The molecule has 1 saturated carbocycles. The Labute approximate surface area is 121 Å². The van der Waals surface area contributed by atoms with Crippen molar-refractivity contribution in [3.63, 3.8) is 0 Å². The van der Waals surface area contributed by atoms with Crippen LogP contribution >= 0.6 is 10.7 Å². The van der Waals surface area contributed by atoms with E-state index in [1.807, 2.05) is 12.1 Å². The number of fused-ring (bicyclic) bond motifs is 1. The molecule has 0 aliphatic heterocycles. The molecule has 0 radical (unpaired) electrons. The minimum absolute atomic E-state index is 0.110. The van der Waals surface area contributed by atoms with Gasteiger partial charge in [-0.15, -0.1) is 10.2 Å². The topological polar surface area (TPSA) is 64.8 Å². The molecular weight excluding hydrogens is 298 g/mol. The highest BCUT2D eigenvalue weighted by atomic mass is 35.7. The van der Waals surface area contributed by atoms with Gasteiger partial charge in [0.05, 0.1) is 0 Å². The van der Waals surface area contributed by atoms with Crippen molar-refractivity contribution >= 4 is 19.7 Å². The van der Waals surface area contributed by atoms with E-state index in [0.717, 1.165) is 25.1 Å². The van der Waals surface area contributed by atoms with Crippen molar-refractivity contribution in [3.05, 3.63) is 41.2 Å². The Morgan fingerprint density at radius 2 is 1.95 bits per heavy atom. The van der Waals surface area contributed by atoms with Crippen molar-refractivity contribution in [2.24, 2.45) is 0 Å². The predicted octanol–water partition coefficient (Wildman–Crippen LogP) is 2.23. The molecule has 0 spiro atoms. The van der Waals surface area contributed by atoms with Crippen molar-refractivity contribution < 1.29 is 8.42 Å². The van der Waals surface area contributed by atoms with Gasteiger partial charge in [0.25, 0.3) is 14.2 Å². The average Bonchev–Trinajstić information content (AvgIpc) is 3.10. The lowest BCUT2D eigenvalue weighted by Gasteiger charge is -2.29. The van der Waals surface area contributed by atoms with Gasteiger partial charge in [0.1, 0.15) is 5.82 Å². The third-order valence-electron chi connectivity index (χ3n) is 3.99. The second-order valence-corrected chi connectivity index (χ2v) is 7.80. The zero-order valence-corrected chi connectivity index (χ0v) is 12.1. The number of benzene rings is 1. The SMILES string of the molecule is O=S(=O)(Cl)c1nnc(C2Cc3ccccc32)n1C1CC1. The molecule has 1 unspecified atom stereocenters. The van der Waals surface area contributed by atoms with Gasteiger partial charge in [0.15, 0.2) is 0 Å². The van der Waals surface area contributed by atoms with Gasteiger partial charge in [0, 0.05) is 22.6 Å². The Morgan fingerprint density at radius 3 is 2.60 bits per heavy atom. The lowest BCUT2D eigenvalue weighted by Crippen LogP contribution is -2.22. The fourth-order valence-electron chi connectivity index (χ4n) is 2.86. The van der Waals surface area contributed by atoms with Gasteiger partial charge in [-0.05, 0) is 30.4 Å². The fourth-order valence-corrected chi connectivity index (χ4v) is 3.79. The summed E-state index contributed by atoms with van der Waals surface area (Å²) >= 11 is 0. The number of aromatic nitrogens is 3. The van der Waals surface area contributed by atoms with Gasteiger partial charge in [-0.25, -0.2) is 8.42 Å². The summed E-state index contributed by atoms with van der Waals surface area (Å²) in [5, 5.41) is 7.82. The van der Waals surface area contributed by atoms with Crippen molar-refractivity contribution in [3.8, 4) is 0 Å². The quantitative estimate of drug-likeness (QED) is 0.816. The van der Waals surface area contributed by atoms with Gasteiger partial charge in [0.2, 0.25) is 0 Å². The van der Waals surface area contributed by atoms with Crippen LogP contribution in [-0.4, -0.2) is 23.2 Å². The molecule has 20 heavy (non-hydrogen) atoms. The van der Waals surface area contributed by atoms with E-state index >= 15 is 0 Å². The molecule has 0 N–H and O–H groups in total. The van der Waals surface area contributed by atoms with Gasteiger partial charge >= 0.3 is 0 Å². The van der Waals surface area contributed by atoms with E-state index in [9.17, 15) is 8.42 Å². The maximum atomic E-state index is 11.6. The molecular formula is C13H12ClN3O2S. The summed E-state index contributed by atoms with van der Waals surface area (Å²) < 4.78 is 25.0. The highest BCUT2D eigenvalue weighted by Gasteiger charge is 2.39. The summed E-state index contributed by atoms with van der Waals surface area (Å²) in [6.07, 6.45) is 2.79. The normalized spacial score (nSPS) is 21.4. The van der Waals surface area contributed by atoms with Crippen LogP contribution in [0.4, 0.5) is 0 Å². The summed E-state index contributed by atoms with van der Waals surface area (Å²) in [5.41, 5.74) is 2.50. The summed E-state index contributed by atoms with van der Waals surface area (Å²) in [6.45, 7) is 0. The molecule has 2 aromatic rings. The largest absolute Gasteiger partial charge is 0.297 e. The standard InChI is InChI=1S/C13H12ClN3O2S/c14-20(18,19)13-16-15-12(17(13)9-5-6-9)11-7-8-3-1-2-4-10(8)11/h1-4,9,11H,5-7H2. The highest BCUT2D eigenvalue weighted by molar-refractivity contribution is 8.13. The molecule has 104 valence electrons. The van der Waals surface area contributed by atoms with E-state index in [-0.39, 0.29) is 17.1 Å². The first-order valence-electron chi connectivity index (χ1n) is 6.53. The Kier molecular flexibility index (Phi) is 2.50. The van der Waals surface area contributed by atoms with E-state index in [4.69, 9.17) is 10.7 Å². The van der Waals surface area contributed by atoms with Crippen LogP contribution in [0.2, 0.25) is 0 Å². The number of halogens is 1. The van der Waals surface area contributed by atoms with Crippen molar-refractivity contribution in [2.75, 3.05) is 0 Å². The van der Waals surface area contributed by atoms with Crippen LogP contribution in [0.25, 0.3) is 0 Å². The molecule has 1 aromatic carbocycles. The summed E-state index contributed by atoms with van der Waals surface area (Å²) in [5.74, 6) is 0.858. The van der Waals surface area contributed by atoms with Crippen molar-refractivity contribution in [1.29, 1.82) is 0 Å². The molecule has 0 bridgehead atoms. The first-order chi connectivity index (χ1) is 9.55. The van der Waals surface area contributed by atoms with Crippen LogP contribution in [0.5, 0.6) is 0 Å². The molecule has 1 aromatic heterocycles. The number of nitrogens with zero attached hydrogens (tertiary/aromatic N) is 3. The van der Waals surface area contributed by atoms with Gasteiger partial charge < -0.3 is 0 Å². The monoisotopic (exact) mass is 309 g/mol. The summed E-state index contributed by atoms with van der Waals surface area (Å²) in [4.78, 5) is 0. The van der Waals surface area contributed by atoms with Gasteiger partial charge in [-0.1, -0.05) is 24.3 Å². The average molecular weight is 310 g/mol. The molecule has 2 aliphatic rings. The van der Waals surface area contributed by atoms with Gasteiger partial charge in [-0.3, -0.25) is 4.57 Å². The van der Waals surface area contributed by atoms with E-state index < -0.39 is 9.05 Å². The summed E-state index contributed by atoms with van der Waals surface area (Å²) in [6, 6.07) is 8.32. The second-order valence-electron chi connectivity index (χ2n) is 5.34. The maximum Gasteiger partial charge on any atom is 0.296 e. The first kappa shape index (κ1) is 12.3. The zero-order chi connectivity index (χ0) is 13.9. The van der Waals surface area contributed by atoms with Crippen LogP contribution in [-0.2, 0) is 15.5 Å². The van der Waals surface area contributed by atoms with Crippen molar-refractivity contribution in [1.82, 2.24) is 14.8 Å². The number of rotatable bonds is 3. The lowest BCUT2D eigenvalue weighted by molar-refractivity contribution is 0.545. The molecule has 5 nitrogen and oxygen atoms in total. The highest BCUT2D eigenvalue weighted by Crippen LogP contribution is 2.44. The van der Waals surface area contributed by atoms with Gasteiger partial charge in [-0.2, -0.15) is 0 Å². The summed E-state index contributed by atoms with van der Waals surface area (Å²) in [7, 11) is 1.61. The van der Waals surface area contributed by atoms with E-state index in [1.54, 1.807) is 4.57 Å². The first-order valence-corrected chi connectivity index (χ1v) is 8.84. The minimum atomic E-state index is -3.85. The van der Waals surface area contributed by atoms with Crippen LogP contribution in [0, 0.1) is 0 Å². The smallest absolute Gasteiger partial charge is 0.296 e. The third-order valence-corrected chi connectivity index (χ3v) is 5.12. The molecule has 0 saturated heterocycles. The zero-order valence-electron chi connectivity index (χ0n) is 10.5. The maximum absolute atomic E-state index is 11.6. The van der Waals surface area contributed by atoms with Crippen LogP contribution in [0.15, 0.2) is 29.4 Å². The Balaban J connectivity index is 1.83. The Morgan fingerprint density at radius 1 is 1.20 bits per heavy atom. The Hall–Kier alpha value is -1.40. The molecule has 7 heteroatoms. The molecule has 1 heterocycles. The minimum Gasteiger partial charge on any atom is -0.297 e. The van der Waals surface area contributed by atoms with E-state index in [1.165, 1.54) is 11.1 Å². The van der Waals surface area contributed by atoms with Crippen molar-refractivity contribution in [2.45, 2.75) is 36.4 Å². The predicted molar refractivity (Wildman–Crippen MR) is 73.3 cm³/mol. The number of hydrogen-bond donors (Lipinski definition) is 0. The third kappa shape index (κ3) is 1.78. The molecule has 2 aliphatic carbocycles. The Bertz CT molecular complexity index is 796. The van der Waals surface area contributed by atoms with Crippen LogP contribution in [0.1, 0.15) is 41.8 Å². The molecule has 4 rings (SSSR count). The number of hydrogen-bond acceptors (Lipinski definition) is 4. The second kappa shape index (κ2) is 4.05. The molecule has 0 amide bonds. The molecule has 1 atom stereocenters. The fraction of sp³-hybridized carbons (Fsp3) is 0.385. The van der Waals surface area contributed by atoms with E-state index in [2.05, 4.69) is 22.3 Å². The van der Waals surface area contributed by atoms with Crippen LogP contribution < -0.4 is 0 Å². The van der Waals surface area contributed by atoms with E-state index in [0.29, 0.717) is 0 Å². The lowest BCUT2D eigenvalue weighted by atomic mass is 9.77. The molecule has 1 fully saturated rings. The van der Waals surface area contributed by atoms with Crippen LogP contribution in [0.3, 0.4) is 0 Å².